The molecule has 0 saturated heterocycles. The average Bonchev–Trinajstić information content (AvgIpc) is 2.48. The fourth-order valence-electron chi connectivity index (χ4n) is 1.95. The van der Waals surface area contributed by atoms with Gasteiger partial charge in [0, 0.05) is 0 Å². The maximum atomic E-state index is 5.58. The molecule has 1 radical (unpaired) electrons. The maximum absolute atomic E-state index is 5.58. The number of rotatable bonds is 6. The first-order valence-electron chi connectivity index (χ1n) is 6.66. The summed E-state index contributed by atoms with van der Waals surface area (Å²) in [6, 6.07) is 16.0. The summed E-state index contributed by atoms with van der Waals surface area (Å²) in [6.45, 7) is 4.21. The van der Waals surface area contributed by atoms with Gasteiger partial charge in [0.05, 0.1) is 0 Å². The number of para-hydroxylation sites is 2. The van der Waals surface area contributed by atoms with Crippen LogP contribution < -0.4 is 9.31 Å². The molecular formula is C16H18BO2. The Morgan fingerprint density at radius 2 is 1.16 bits per heavy atom. The van der Waals surface area contributed by atoms with Crippen molar-refractivity contribution in [3.05, 3.63) is 59.7 Å². The third-order valence-electron chi connectivity index (χ3n) is 3.06. The van der Waals surface area contributed by atoms with Crippen LogP contribution in [-0.2, 0) is 12.8 Å². The van der Waals surface area contributed by atoms with Crippen molar-refractivity contribution in [2.75, 3.05) is 0 Å². The molecule has 0 aliphatic carbocycles. The van der Waals surface area contributed by atoms with Gasteiger partial charge >= 0.3 is 7.69 Å². The highest BCUT2D eigenvalue weighted by molar-refractivity contribution is 6.20. The van der Waals surface area contributed by atoms with Crippen molar-refractivity contribution in [2.24, 2.45) is 0 Å². The molecule has 0 fully saturated rings. The molecule has 3 heteroatoms. The van der Waals surface area contributed by atoms with Gasteiger partial charge in [-0.15, -0.1) is 0 Å². The minimum atomic E-state index is 0.846. The number of hydrogen-bond donors (Lipinski definition) is 0. The van der Waals surface area contributed by atoms with Crippen LogP contribution in [0.4, 0.5) is 0 Å². The van der Waals surface area contributed by atoms with Crippen LogP contribution in [0.1, 0.15) is 25.0 Å². The number of benzene rings is 2. The molecule has 0 atom stereocenters. The minimum absolute atomic E-state index is 0.846. The van der Waals surface area contributed by atoms with Crippen molar-refractivity contribution in [3.63, 3.8) is 0 Å². The second-order valence-electron chi connectivity index (χ2n) is 4.25. The normalized spacial score (nSPS) is 10.0. The average molecular weight is 253 g/mol. The second-order valence-corrected chi connectivity index (χ2v) is 4.25. The lowest BCUT2D eigenvalue weighted by Gasteiger charge is -2.11. The van der Waals surface area contributed by atoms with Crippen molar-refractivity contribution >= 4 is 7.69 Å². The van der Waals surface area contributed by atoms with E-state index >= 15 is 0 Å². The summed E-state index contributed by atoms with van der Waals surface area (Å²) in [7, 11) is 1.41. The highest BCUT2D eigenvalue weighted by Gasteiger charge is 2.07. The first-order valence-corrected chi connectivity index (χ1v) is 6.66. The minimum Gasteiger partial charge on any atom is -0.526 e. The van der Waals surface area contributed by atoms with Crippen LogP contribution in [-0.4, -0.2) is 7.69 Å². The van der Waals surface area contributed by atoms with Gasteiger partial charge in [0.15, 0.2) is 0 Å². The molecule has 2 nitrogen and oxygen atoms in total. The Balaban J connectivity index is 1.96. The Bertz CT molecular complexity index is 478. The predicted molar refractivity (Wildman–Crippen MR) is 78.7 cm³/mol. The van der Waals surface area contributed by atoms with Gasteiger partial charge in [0.25, 0.3) is 0 Å². The first-order chi connectivity index (χ1) is 9.35. The molecule has 97 valence electrons. The summed E-state index contributed by atoms with van der Waals surface area (Å²) < 4.78 is 11.2. The molecule has 2 aromatic rings. The summed E-state index contributed by atoms with van der Waals surface area (Å²) in [6.07, 6.45) is 1.88. The summed E-state index contributed by atoms with van der Waals surface area (Å²) in [5, 5.41) is 0. The molecule has 0 aliphatic heterocycles. The van der Waals surface area contributed by atoms with Gasteiger partial charge < -0.3 is 9.31 Å². The molecule has 2 aromatic carbocycles. The topological polar surface area (TPSA) is 18.5 Å². The van der Waals surface area contributed by atoms with Gasteiger partial charge in [-0.05, 0) is 36.1 Å². The monoisotopic (exact) mass is 253 g/mol. The molecule has 0 spiro atoms. The summed E-state index contributed by atoms with van der Waals surface area (Å²) in [5.41, 5.74) is 2.34. The van der Waals surface area contributed by atoms with E-state index in [4.69, 9.17) is 9.31 Å². The molecule has 2 rings (SSSR count). The van der Waals surface area contributed by atoms with Crippen LogP contribution in [0, 0.1) is 0 Å². The number of aryl methyl sites for hydroxylation is 2. The smallest absolute Gasteiger partial charge is 0.526 e. The third-order valence-corrected chi connectivity index (χ3v) is 3.06. The molecule has 0 unspecified atom stereocenters. The van der Waals surface area contributed by atoms with Crippen LogP contribution in [0.3, 0.4) is 0 Å². The molecule has 0 heterocycles. The van der Waals surface area contributed by atoms with E-state index in [0.717, 1.165) is 24.3 Å². The molecule has 19 heavy (non-hydrogen) atoms. The Kier molecular flexibility index (Phi) is 4.90. The zero-order chi connectivity index (χ0) is 13.5. The first kappa shape index (κ1) is 13.5. The number of hydrogen-bond acceptors (Lipinski definition) is 2. The Hall–Kier alpha value is -1.90. The fourth-order valence-corrected chi connectivity index (χ4v) is 1.95. The van der Waals surface area contributed by atoms with E-state index in [1.54, 1.807) is 0 Å². The van der Waals surface area contributed by atoms with E-state index in [1.807, 2.05) is 36.4 Å². The summed E-state index contributed by atoms with van der Waals surface area (Å²) >= 11 is 0. The van der Waals surface area contributed by atoms with E-state index < -0.39 is 0 Å². The molecule has 0 N–H and O–H groups in total. The van der Waals surface area contributed by atoms with Gasteiger partial charge in [-0.3, -0.25) is 0 Å². The van der Waals surface area contributed by atoms with Gasteiger partial charge in [0.2, 0.25) is 0 Å². The molecule has 0 bridgehead atoms. The van der Waals surface area contributed by atoms with Crippen LogP contribution >= 0.6 is 0 Å². The van der Waals surface area contributed by atoms with Gasteiger partial charge in [-0.2, -0.15) is 0 Å². The van der Waals surface area contributed by atoms with E-state index in [2.05, 4.69) is 26.0 Å². The Morgan fingerprint density at radius 1 is 0.737 bits per heavy atom. The van der Waals surface area contributed by atoms with Crippen molar-refractivity contribution in [1.29, 1.82) is 0 Å². The summed E-state index contributed by atoms with van der Waals surface area (Å²) in [5.74, 6) is 1.69. The molecule has 0 aliphatic rings. The fraction of sp³-hybridized carbons (Fsp3) is 0.250. The van der Waals surface area contributed by atoms with E-state index in [9.17, 15) is 0 Å². The highest BCUT2D eigenvalue weighted by atomic mass is 16.6. The van der Waals surface area contributed by atoms with Crippen LogP contribution in [0.5, 0.6) is 11.5 Å². The Morgan fingerprint density at radius 3 is 1.58 bits per heavy atom. The lowest BCUT2D eigenvalue weighted by atomic mass is 10.1. The van der Waals surface area contributed by atoms with E-state index in [0.29, 0.717) is 0 Å². The van der Waals surface area contributed by atoms with Crippen molar-refractivity contribution < 1.29 is 9.31 Å². The lowest BCUT2D eigenvalue weighted by Crippen LogP contribution is -2.12. The van der Waals surface area contributed by atoms with Gasteiger partial charge in [-0.25, -0.2) is 0 Å². The third kappa shape index (κ3) is 3.54. The SMILES string of the molecule is CCc1ccccc1O[B]Oc1ccccc1CC. The summed E-state index contributed by atoms with van der Waals surface area (Å²) in [4.78, 5) is 0. The predicted octanol–water partition coefficient (Wildman–Crippen LogP) is 3.80. The van der Waals surface area contributed by atoms with Gasteiger partial charge in [0.1, 0.15) is 11.5 Å². The Labute approximate surface area is 115 Å². The largest absolute Gasteiger partial charge is 0.658 e. The standard InChI is InChI=1S/C16H18BO2/c1-3-13-9-5-7-11-15(13)18-17-19-16-12-8-6-10-14(16)4-2/h5-12H,3-4H2,1-2H3. The van der Waals surface area contributed by atoms with Gasteiger partial charge in [-0.1, -0.05) is 50.2 Å². The highest BCUT2D eigenvalue weighted by Crippen LogP contribution is 2.20. The quantitative estimate of drug-likeness (QED) is 0.729. The second kappa shape index (κ2) is 6.88. The molecular weight excluding hydrogens is 235 g/mol. The van der Waals surface area contributed by atoms with E-state index in [-0.39, 0.29) is 0 Å². The zero-order valence-electron chi connectivity index (χ0n) is 11.4. The molecule has 0 saturated carbocycles. The van der Waals surface area contributed by atoms with Crippen LogP contribution in [0.15, 0.2) is 48.5 Å². The molecule has 0 aromatic heterocycles. The van der Waals surface area contributed by atoms with Crippen molar-refractivity contribution in [3.8, 4) is 11.5 Å². The van der Waals surface area contributed by atoms with Crippen molar-refractivity contribution in [2.45, 2.75) is 26.7 Å². The van der Waals surface area contributed by atoms with Crippen LogP contribution in [0.25, 0.3) is 0 Å². The zero-order valence-corrected chi connectivity index (χ0v) is 11.4. The lowest BCUT2D eigenvalue weighted by molar-refractivity contribution is 0.453. The maximum Gasteiger partial charge on any atom is 0.658 e. The van der Waals surface area contributed by atoms with Crippen LogP contribution in [0.2, 0.25) is 0 Å². The van der Waals surface area contributed by atoms with E-state index in [1.165, 1.54) is 18.8 Å². The van der Waals surface area contributed by atoms with Crippen molar-refractivity contribution in [1.82, 2.24) is 0 Å². The molecule has 0 amide bonds.